The molecule has 1 N–H and O–H groups in total. The first-order chi connectivity index (χ1) is 15.3. The minimum Gasteiger partial charge on any atom is -0.490 e. The third-order valence-electron chi connectivity index (χ3n) is 5.01. The Morgan fingerprint density at radius 2 is 1.75 bits per heavy atom. The molecule has 0 heterocycles. The van der Waals surface area contributed by atoms with E-state index in [2.05, 4.69) is 4.84 Å². The van der Waals surface area contributed by atoms with Crippen LogP contribution in [-0.2, 0) is 11.4 Å². The van der Waals surface area contributed by atoms with Crippen molar-refractivity contribution in [1.82, 2.24) is 4.90 Å². The van der Waals surface area contributed by atoms with Gasteiger partial charge in [-0.25, -0.2) is 0 Å². The van der Waals surface area contributed by atoms with Gasteiger partial charge < -0.3 is 19.6 Å². The van der Waals surface area contributed by atoms with Crippen molar-refractivity contribution in [1.29, 1.82) is 0 Å². The van der Waals surface area contributed by atoms with Crippen molar-refractivity contribution >= 4 is 16.7 Å². The second kappa shape index (κ2) is 10.6. The lowest BCUT2D eigenvalue weighted by Gasteiger charge is -2.29. The Balaban J connectivity index is 1.62. The summed E-state index contributed by atoms with van der Waals surface area (Å²) in [6.45, 7) is 3.71. The van der Waals surface area contributed by atoms with E-state index in [9.17, 15) is 20.0 Å². The first-order valence-corrected chi connectivity index (χ1v) is 10.3. The fourth-order valence-electron chi connectivity index (χ4n) is 3.35. The zero-order valence-corrected chi connectivity index (χ0v) is 18.0. The van der Waals surface area contributed by atoms with Gasteiger partial charge in [0.25, 0.3) is 11.0 Å². The predicted molar refractivity (Wildman–Crippen MR) is 120 cm³/mol. The van der Waals surface area contributed by atoms with Crippen LogP contribution in [0.1, 0.15) is 29.8 Å². The molecule has 0 aliphatic rings. The van der Waals surface area contributed by atoms with Crippen molar-refractivity contribution in [3.8, 4) is 5.75 Å². The van der Waals surface area contributed by atoms with Crippen LogP contribution < -0.4 is 4.74 Å². The van der Waals surface area contributed by atoms with E-state index < -0.39 is 11.2 Å². The molecule has 8 heteroatoms. The molecule has 0 fully saturated rings. The number of carbonyl (C=O) groups is 1. The Bertz CT molecular complexity index is 1060. The summed E-state index contributed by atoms with van der Waals surface area (Å²) in [5.74, 6) is 0.433. The maximum absolute atomic E-state index is 13.0. The van der Waals surface area contributed by atoms with Crippen LogP contribution >= 0.6 is 0 Å². The molecule has 1 unspecified atom stereocenters. The highest BCUT2D eigenvalue weighted by Crippen LogP contribution is 2.25. The molecule has 0 saturated carbocycles. The van der Waals surface area contributed by atoms with Gasteiger partial charge in [-0.1, -0.05) is 48.5 Å². The van der Waals surface area contributed by atoms with Crippen LogP contribution in [0.25, 0.3) is 10.8 Å². The summed E-state index contributed by atoms with van der Waals surface area (Å²) >= 11 is 0. The van der Waals surface area contributed by atoms with E-state index in [4.69, 9.17) is 4.74 Å². The van der Waals surface area contributed by atoms with E-state index in [1.807, 2.05) is 56.3 Å². The van der Waals surface area contributed by atoms with Gasteiger partial charge in [-0.2, -0.15) is 0 Å². The number of benzene rings is 3. The minimum absolute atomic E-state index is 0.0433. The lowest BCUT2D eigenvalue weighted by atomic mass is 10.1. The Morgan fingerprint density at radius 3 is 2.44 bits per heavy atom. The molecule has 3 rings (SSSR count). The number of hydrogen-bond acceptors (Lipinski definition) is 6. The van der Waals surface area contributed by atoms with Crippen molar-refractivity contribution < 1.29 is 24.6 Å². The third kappa shape index (κ3) is 5.95. The van der Waals surface area contributed by atoms with Crippen molar-refractivity contribution in [2.24, 2.45) is 0 Å². The van der Waals surface area contributed by atoms with Crippen LogP contribution in [0.4, 0.5) is 0 Å². The topological polar surface area (TPSA) is 102 Å². The molecule has 0 radical (unpaired) electrons. The quantitative estimate of drug-likeness (QED) is 0.381. The van der Waals surface area contributed by atoms with E-state index in [1.165, 1.54) is 0 Å². The van der Waals surface area contributed by atoms with Crippen molar-refractivity contribution in [3.05, 3.63) is 88.0 Å². The molecule has 0 aromatic heterocycles. The second-order valence-electron chi connectivity index (χ2n) is 7.69. The number of hydrogen-bond donors (Lipinski definition) is 1. The maximum Gasteiger partial charge on any atom is 0.294 e. The molecule has 3 aromatic rings. The van der Waals surface area contributed by atoms with Crippen LogP contribution in [0.2, 0.25) is 0 Å². The molecule has 3 aromatic carbocycles. The van der Waals surface area contributed by atoms with Crippen LogP contribution in [0.5, 0.6) is 5.75 Å². The molecular formula is C24H26N2O6. The summed E-state index contributed by atoms with van der Waals surface area (Å²) < 4.78 is 5.85. The van der Waals surface area contributed by atoms with Gasteiger partial charge in [-0.05, 0) is 43.0 Å². The van der Waals surface area contributed by atoms with Crippen molar-refractivity contribution in [2.75, 3.05) is 13.2 Å². The monoisotopic (exact) mass is 438 g/mol. The Labute approximate surface area is 186 Å². The standard InChI is InChI=1S/C24H26N2O6/c1-17(2)25(24(28)20-12-10-18(11-13-20)15-32-26(29)30)14-21(27)16-31-23-9-5-7-19-6-3-4-8-22(19)23/h3-13,17,21,27H,14-16H2,1-2H3. The van der Waals surface area contributed by atoms with E-state index in [-0.39, 0.29) is 31.7 Å². The van der Waals surface area contributed by atoms with E-state index in [0.29, 0.717) is 16.9 Å². The average molecular weight is 438 g/mol. The number of carbonyl (C=O) groups excluding carboxylic acids is 1. The van der Waals surface area contributed by atoms with Gasteiger partial charge >= 0.3 is 0 Å². The molecule has 0 saturated heterocycles. The maximum atomic E-state index is 13.0. The van der Waals surface area contributed by atoms with Gasteiger partial charge in [0.2, 0.25) is 0 Å². The number of nitrogens with zero attached hydrogens (tertiary/aromatic N) is 2. The summed E-state index contributed by atoms with van der Waals surface area (Å²) in [7, 11) is 0. The van der Waals surface area contributed by atoms with Crippen molar-refractivity contribution in [3.63, 3.8) is 0 Å². The Hall–Kier alpha value is -3.65. The van der Waals surface area contributed by atoms with Gasteiger partial charge in [0.1, 0.15) is 25.1 Å². The number of aliphatic hydroxyl groups excluding tert-OH is 1. The number of rotatable bonds is 10. The van der Waals surface area contributed by atoms with E-state index in [0.717, 1.165) is 10.8 Å². The second-order valence-corrected chi connectivity index (χ2v) is 7.69. The Kier molecular flexibility index (Phi) is 7.62. The van der Waals surface area contributed by atoms with Crippen LogP contribution in [0, 0.1) is 10.1 Å². The highest BCUT2D eigenvalue weighted by atomic mass is 16.9. The van der Waals surface area contributed by atoms with Gasteiger partial charge in [-0.3, -0.25) is 4.79 Å². The lowest BCUT2D eigenvalue weighted by Crippen LogP contribution is -2.43. The summed E-state index contributed by atoms with van der Waals surface area (Å²) in [4.78, 5) is 29.2. The predicted octanol–water partition coefficient (Wildman–Crippen LogP) is 3.84. The first-order valence-electron chi connectivity index (χ1n) is 10.3. The van der Waals surface area contributed by atoms with Crippen LogP contribution in [-0.4, -0.2) is 46.3 Å². The minimum atomic E-state index is -0.881. The normalized spacial score (nSPS) is 11.9. The smallest absolute Gasteiger partial charge is 0.294 e. The van der Waals surface area contributed by atoms with Gasteiger partial charge in [-0.15, -0.1) is 10.1 Å². The number of fused-ring (bicyclic) bond motifs is 1. The van der Waals surface area contributed by atoms with Crippen LogP contribution in [0.15, 0.2) is 66.7 Å². The van der Waals surface area contributed by atoms with Gasteiger partial charge in [0, 0.05) is 17.0 Å². The molecule has 32 heavy (non-hydrogen) atoms. The van der Waals surface area contributed by atoms with E-state index in [1.54, 1.807) is 29.2 Å². The highest BCUT2D eigenvalue weighted by Gasteiger charge is 2.22. The summed E-state index contributed by atoms with van der Waals surface area (Å²) in [5, 5.41) is 22.0. The van der Waals surface area contributed by atoms with Crippen LogP contribution in [0.3, 0.4) is 0 Å². The third-order valence-corrected chi connectivity index (χ3v) is 5.01. The molecular weight excluding hydrogens is 412 g/mol. The molecule has 0 aliphatic heterocycles. The highest BCUT2D eigenvalue weighted by molar-refractivity contribution is 5.94. The zero-order valence-electron chi connectivity index (χ0n) is 18.0. The fraction of sp³-hybridized carbons (Fsp3) is 0.292. The summed E-state index contributed by atoms with van der Waals surface area (Å²) in [6, 6.07) is 19.8. The summed E-state index contributed by atoms with van der Waals surface area (Å²) in [5.41, 5.74) is 1.00. The SMILES string of the molecule is CC(C)N(CC(O)COc1cccc2ccccc12)C(=O)c1ccc(CO[N+](=O)[O-])cc1. The molecule has 1 amide bonds. The largest absolute Gasteiger partial charge is 0.490 e. The van der Waals surface area contributed by atoms with Crippen molar-refractivity contribution in [2.45, 2.75) is 32.6 Å². The number of ether oxygens (including phenoxy) is 1. The fourth-order valence-corrected chi connectivity index (χ4v) is 3.35. The average Bonchev–Trinajstić information content (AvgIpc) is 2.79. The number of aliphatic hydroxyl groups is 1. The first kappa shape index (κ1) is 23.0. The summed E-state index contributed by atoms with van der Waals surface area (Å²) in [6.07, 6.45) is -0.881. The van der Waals surface area contributed by atoms with E-state index >= 15 is 0 Å². The zero-order chi connectivity index (χ0) is 23.1. The number of amides is 1. The molecule has 8 nitrogen and oxygen atoms in total. The molecule has 0 spiro atoms. The molecule has 168 valence electrons. The molecule has 0 aliphatic carbocycles. The van der Waals surface area contributed by atoms with Gasteiger partial charge in [0.15, 0.2) is 0 Å². The molecule has 0 bridgehead atoms. The Morgan fingerprint density at radius 1 is 1.06 bits per heavy atom. The van der Waals surface area contributed by atoms with Gasteiger partial charge in [0.05, 0.1) is 6.54 Å². The lowest BCUT2D eigenvalue weighted by molar-refractivity contribution is -0.763. The molecule has 1 atom stereocenters.